The normalized spacial score (nSPS) is 21.0. The van der Waals surface area contributed by atoms with Gasteiger partial charge in [-0.25, -0.2) is 0 Å². The Morgan fingerprint density at radius 3 is 2.65 bits per heavy atom. The summed E-state index contributed by atoms with van der Waals surface area (Å²) < 4.78 is 0. The molecule has 2 aromatic carbocycles. The number of piperidine rings is 1. The second-order valence-electron chi connectivity index (χ2n) is 5.93. The second kappa shape index (κ2) is 5.94. The SMILES string of the molecule is CNC(c1ccc2cc(C)ccc2c1)C1CCCCN1. The van der Waals surface area contributed by atoms with E-state index in [0.29, 0.717) is 12.1 Å². The number of nitrogens with one attached hydrogen (secondary N) is 2. The van der Waals surface area contributed by atoms with Gasteiger partial charge >= 0.3 is 0 Å². The molecule has 1 aliphatic rings. The zero-order chi connectivity index (χ0) is 13.9. The molecule has 0 spiro atoms. The maximum absolute atomic E-state index is 3.66. The lowest BCUT2D eigenvalue weighted by Gasteiger charge is -2.31. The number of hydrogen-bond donors (Lipinski definition) is 2. The quantitative estimate of drug-likeness (QED) is 0.889. The molecule has 2 N–H and O–H groups in total. The van der Waals surface area contributed by atoms with Crippen LogP contribution in [0.1, 0.15) is 36.4 Å². The van der Waals surface area contributed by atoms with Gasteiger partial charge in [0.15, 0.2) is 0 Å². The van der Waals surface area contributed by atoms with Crippen LogP contribution in [0.25, 0.3) is 10.8 Å². The fourth-order valence-electron chi connectivity index (χ4n) is 3.34. The first-order chi connectivity index (χ1) is 9.78. The number of likely N-dealkylation sites (N-methyl/N-ethyl adjacent to an activating group) is 1. The topological polar surface area (TPSA) is 24.1 Å². The molecule has 3 rings (SSSR count). The van der Waals surface area contributed by atoms with Crippen LogP contribution < -0.4 is 10.6 Å². The van der Waals surface area contributed by atoms with Gasteiger partial charge in [-0.05, 0) is 55.8 Å². The van der Waals surface area contributed by atoms with Crippen LogP contribution in [0, 0.1) is 6.92 Å². The van der Waals surface area contributed by atoms with Crippen molar-refractivity contribution in [3.05, 3.63) is 47.5 Å². The van der Waals surface area contributed by atoms with Crippen LogP contribution in [0.5, 0.6) is 0 Å². The molecule has 106 valence electrons. The number of benzene rings is 2. The van der Waals surface area contributed by atoms with Gasteiger partial charge in [0, 0.05) is 12.1 Å². The van der Waals surface area contributed by atoms with Crippen molar-refractivity contribution >= 4 is 10.8 Å². The van der Waals surface area contributed by atoms with Gasteiger partial charge in [-0.2, -0.15) is 0 Å². The molecule has 2 heteroatoms. The maximum Gasteiger partial charge on any atom is 0.0473 e. The zero-order valence-electron chi connectivity index (χ0n) is 12.4. The van der Waals surface area contributed by atoms with Gasteiger partial charge in [0.1, 0.15) is 0 Å². The standard InChI is InChI=1S/C18H24N2/c1-13-6-7-15-12-16(9-8-14(15)11-13)18(19-2)17-5-3-4-10-20-17/h6-9,11-12,17-20H,3-5,10H2,1-2H3. The predicted molar refractivity (Wildman–Crippen MR) is 86.1 cm³/mol. The van der Waals surface area contributed by atoms with Crippen molar-refractivity contribution < 1.29 is 0 Å². The number of aryl methyl sites for hydroxylation is 1. The van der Waals surface area contributed by atoms with Gasteiger partial charge in [-0.3, -0.25) is 0 Å². The molecule has 0 radical (unpaired) electrons. The second-order valence-corrected chi connectivity index (χ2v) is 5.93. The maximum atomic E-state index is 3.66. The molecule has 2 unspecified atom stereocenters. The molecule has 0 amide bonds. The van der Waals surface area contributed by atoms with E-state index in [1.807, 2.05) is 0 Å². The Bertz CT molecular complexity index is 585. The van der Waals surface area contributed by atoms with Crippen molar-refractivity contribution in [3.8, 4) is 0 Å². The highest BCUT2D eigenvalue weighted by atomic mass is 15.0. The van der Waals surface area contributed by atoms with Crippen LogP contribution in [0.15, 0.2) is 36.4 Å². The number of rotatable bonds is 3. The Morgan fingerprint density at radius 1 is 1.10 bits per heavy atom. The van der Waals surface area contributed by atoms with Crippen molar-refractivity contribution in [3.63, 3.8) is 0 Å². The molecule has 0 aromatic heterocycles. The summed E-state index contributed by atoms with van der Waals surface area (Å²) in [7, 11) is 2.07. The van der Waals surface area contributed by atoms with E-state index in [9.17, 15) is 0 Å². The van der Waals surface area contributed by atoms with Gasteiger partial charge in [0.2, 0.25) is 0 Å². The number of fused-ring (bicyclic) bond motifs is 1. The summed E-state index contributed by atoms with van der Waals surface area (Å²) in [6, 6.07) is 14.5. The van der Waals surface area contributed by atoms with Crippen molar-refractivity contribution in [2.24, 2.45) is 0 Å². The fourth-order valence-corrected chi connectivity index (χ4v) is 3.34. The molecule has 1 fully saturated rings. The molecule has 2 aromatic rings. The van der Waals surface area contributed by atoms with E-state index < -0.39 is 0 Å². The van der Waals surface area contributed by atoms with Crippen LogP contribution in [-0.2, 0) is 0 Å². The summed E-state index contributed by atoms with van der Waals surface area (Å²) in [6.07, 6.45) is 3.91. The van der Waals surface area contributed by atoms with E-state index in [0.717, 1.165) is 6.54 Å². The Labute approximate surface area is 121 Å². The lowest BCUT2D eigenvalue weighted by molar-refractivity contribution is 0.326. The van der Waals surface area contributed by atoms with Crippen molar-refractivity contribution in [1.29, 1.82) is 0 Å². The van der Waals surface area contributed by atoms with Crippen molar-refractivity contribution in [2.75, 3.05) is 13.6 Å². The van der Waals surface area contributed by atoms with Gasteiger partial charge in [-0.1, -0.05) is 42.3 Å². The summed E-state index contributed by atoms with van der Waals surface area (Å²) in [5.74, 6) is 0. The minimum absolute atomic E-state index is 0.404. The van der Waals surface area contributed by atoms with Gasteiger partial charge in [0.25, 0.3) is 0 Å². The van der Waals surface area contributed by atoms with Crippen LogP contribution in [-0.4, -0.2) is 19.6 Å². The minimum atomic E-state index is 0.404. The van der Waals surface area contributed by atoms with Crippen LogP contribution >= 0.6 is 0 Å². The van der Waals surface area contributed by atoms with Gasteiger partial charge < -0.3 is 10.6 Å². The third-order valence-electron chi connectivity index (χ3n) is 4.44. The molecule has 1 saturated heterocycles. The Kier molecular flexibility index (Phi) is 4.04. The highest BCUT2D eigenvalue weighted by Gasteiger charge is 2.23. The van der Waals surface area contributed by atoms with E-state index in [1.165, 1.54) is 41.2 Å². The minimum Gasteiger partial charge on any atom is -0.312 e. The summed E-state index contributed by atoms with van der Waals surface area (Å²) >= 11 is 0. The molecule has 1 aliphatic heterocycles. The molecule has 2 atom stereocenters. The van der Waals surface area contributed by atoms with E-state index in [4.69, 9.17) is 0 Å². The predicted octanol–water partition coefficient (Wildman–Crippen LogP) is 3.55. The molecule has 0 saturated carbocycles. The third kappa shape index (κ3) is 2.72. The van der Waals surface area contributed by atoms with E-state index in [2.05, 4.69) is 61.0 Å². The lowest BCUT2D eigenvalue weighted by Crippen LogP contribution is -2.43. The largest absolute Gasteiger partial charge is 0.312 e. The molecule has 0 bridgehead atoms. The molecule has 0 aliphatic carbocycles. The average molecular weight is 268 g/mol. The Balaban J connectivity index is 1.92. The molecule has 1 heterocycles. The first kappa shape index (κ1) is 13.6. The number of hydrogen-bond acceptors (Lipinski definition) is 2. The Morgan fingerprint density at radius 2 is 1.90 bits per heavy atom. The van der Waals surface area contributed by atoms with Gasteiger partial charge in [0.05, 0.1) is 0 Å². The highest BCUT2D eigenvalue weighted by Crippen LogP contribution is 2.26. The van der Waals surface area contributed by atoms with E-state index in [1.54, 1.807) is 0 Å². The molecule has 20 heavy (non-hydrogen) atoms. The summed E-state index contributed by atoms with van der Waals surface area (Å²) in [4.78, 5) is 0. The first-order valence-electron chi connectivity index (χ1n) is 7.69. The molecular formula is C18H24N2. The lowest BCUT2D eigenvalue weighted by atomic mass is 9.91. The highest BCUT2D eigenvalue weighted by molar-refractivity contribution is 5.83. The van der Waals surface area contributed by atoms with Crippen LogP contribution in [0.3, 0.4) is 0 Å². The fraction of sp³-hybridized carbons (Fsp3) is 0.444. The smallest absolute Gasteiger partial charge is 0.0473 e. The first-order valence-corrected chi connectivity index (χ1v) is 7.69. The Hall–Kier alpha value is -1.38. The third-order valence-corrected chi connectivity index (χ3v) is 4.44. The van der Waals surface area contributed by atoms with Crippen molar-refractivity contribution in [1.82, 2.24) is 10.6 Å². The van der Waals surface area contributed by atoms with Crippen LogP contribution in [0.4, 0.5) is 0 Å². The summed E-state index contributed by atoms with van der Waals surface area (Å²) in [5, 5.41) is 9.84. The zero-order valence-corrected chi connectivity index (χ0v) is 12.4. The van der Waals surface area contributed by atoms with E-state index in [-0.39, 0.29) is 0 Å². The van der Waals surface area contributed by atoms with Crippen molar-refractivity contribution in [2.45, 2.75) is 38.3 Å². The monoisotopic (exact) mass is 268 g/mol. The van der Waals surface area contributed by atoms with Gasteiger partial charge in [-0.15, -0.1) is 0 Å². The van der Waals surface area contributed by atoms with E-state index >= 15 is 0 Å². The average Bonchev–Trinajstić information content (AvgIpc) is 2.49. The summed E-state index contributed by atoms with van der Waals surface area (Å²) in [6.45, 7) is 3.30. The molecule has 2 nitrogen and oxygen atoms in total. The molecular weight excluding hydrogens is 244 g/mol. The summed E-state index contributed by atoms with van der Waals surface area (Å²) in [5.41, 5.74) is 2.72. The van der Waals surface area contributed by atoms with Crippen LogP contribution in [0.2, 0.25) is 0 Å².